The van der Waals surface area contributed by atoms with Crippen molar-refractivity contribution in [3.8, 4) is 0 Å². The van der Waals surface area contributed by atoms with Crippen LogP contribution in [0, 0.1) is 0 Å². The Morgan fingerprint density at radius 1 is 1.75 bits per heavy atom. The van der Waals surface area contributed by atoms with Crippen LogP contribution < -0.4 is 0 Å². The molecule has 68 valence electrons. The second kappa shape index (κ2) is 5.05. The lowest BCUT2D eigenvalue weighted by atomic mass is 10.5. The summed E-state index contributed by atoms with van der Waals surface area (Å²) in [6.07, 6.45) is 1.84. The van der Waals surface area contributed by atoms with E-state index < -0.39 is 0 Å². The molecule has 0 fully saturated rings. The van der Waals surface area contributed by atoms with Gasteiger partial charge in [0.1, 0.15) is 0 Å². The minimum Gasteiger partial charge on any atom is -0.449 e. The molecule has 1 rings (SSSR count). The van der Waals surface area contributed by atoms with Gasteiger partial charge in [0, 0.05) is 19.2 Å². The van der Waals surface area contributed by atoms with Gasteiger partial charge in [-0.3, -0.25) is 4.90 Å². The molecule has 0 saturated carbocycles. The Labute approximate surface area is 75.2 Å². The van der Waals surface area contributed by atoms with Crippen LogP contribution in [-0.2, 0) is 4.74 Å². The smallest absolute Gasteiger partial charge is 0.414 e. The number of carbonyl (C=O) groups excluding carboxylic acids is 1. The quantitative estimate of drug-likeness (QED) is 0.672. The number of hydrogen-bond acceptors (Lipinski definition) is 4. The molecule has 0 radical (unpaired) electrons. The summed E-state index contributed by atoms with van der Waals surface area (Å²) < 4.78 is 4.83. The van der Waals surface area contributed by atoms with Gasteiger partial charge in [-0.1, -0.05) is 0 Å². The van der Waals surface area contributed by atoms with E-state index in [1.165, 1.54) is 4.90 Å². The maximum atomic E-state index is 11.1. The summed E-state index contributed by atoms with van der Waals surface area (Å²) in [4.78, 5) is 12.6. The van der Waals surface area contributed by atoms with E-state index in [1.807, 2.05) is 5.41 Å². The average Bonchev–Trinajstić information content (AvgIpc) is 2.56. The molecule has 0 aromatic carbocycles. The van der Waals surface area contributed by atoms with Crippen molar-refractivity contribution in [3.05, 3.63) is 11.6 Å². The van der Waals surface area contributed by atoms with Gasteiger partial charge >= 0.3 is 6.09 Å². The second-order valence-corrected chi connectivity index (χ2v) is 3.11. The zero-order chi connectivity index (χ0) is 8.81. The van der Waals surface area contributed by atoms with Gasteiger partial charge in [0.25, 0.3) is 0 Å². The SMILES string of the molecule is O=C(OCCCO)N1C=CSC1. The highest BCUT2D eigenvalue weighted by Gasteiger charge is 2.14. The number of nitrogens with zero attached hydrogens (tertiary/aromatic N) is 1. The van der Waals surface area contributed by atoms with Crippen LogP contribution in [-0.4, -0.2) is 35.2 Å². The summed E-state index contributed by atoms with van der Waals surface area (Å²) in [7, 11) is 0. The van der Waals surface area contributed by atoms with Crippen molar-refractivity contribution in [2.75, 3.05) is 19.1 Å². The third-order valence-corrected chi connectivity index (χ3v) is 2.05. The molecule has 0 aromatic rings. The highest BCUT2D eigenvalue weighted by molar-refractivity contribution is 8.02. The number of hydrogen-bond donors (Lipinski definition) is 1. The van der Waals surface area contributed by atoms with Crippen LogP contribution in [0.1, 0.15) is 6.42 Å². The van der Waals surface area contributed by atoms with Gasteiger partial charge in [-0.2, -0.15) is 0 Å². The predicted octanol–water partition coefficient (Wildman–Crippen LogP) is 0.983. The lowest BCUT2D eigenvalue weighted by Gasteiger charge is -2.11. The highest BCUT2D eigenvalue weighted by Crippen LogP contribution is 2.15. The van der Waals surface area contributed by atoms with Crippen LogP contribution >= 0.6 is 11.8 Å². The fourth-order valence-electron chi connectivity index (χ4n) is 0.703. The first kappa shape index (κ1) is 9.41. The molecular weight excluding hydrogens is 178 g/mol. The summed E-state index contributed by atoms with van der Waals surface area (Å²) >= 11 is 1.54. The van der Waals surface area contributed by atoms with Crippen LogP contribution in [0.25, 0.3) is 0 Å². The third kappa shape index (κ3) is 2.75. The summed E-state index contributed by atoms with van der Waals surface area (Å²) in [5.74, 6) is 0.623. The maximum absolute atomic E-state index is 11.1. The largest absolute Gasteiger partial charge is 0.449 e. The van der Waals surface area contributed by atoms with Crippen molar-refractivity contribution >= 4 is 17.9 Å². The molecule has 1 heterocycles. The fourth-order valence-corrected chi connectivity index (χ4v) is 1.37. The van der Waals surface area contributed by atoms with Crippen LogP contribution in [0.4, 0.5) is 4.79 Å². The Morgan fingerprint density at radius 2 is 2.58 bits per heavy atom. The summed E-state index contributed by atoms with van der Waals surface area (Å²) in [6.45, 7) is 0.336. The van der Waals surface area contributed by atoms with Gasteiger partial charge < -0.3 is 9.84 Å². The van der Waals surface area contributed by atoms with E-state index in [-0.39, 0.29) is 19.3 Å². The molecule has 0 spiro atoms. The molecule has 1 N–H and O–H groups in total. The average molecular weight is 189 g/mol. The Morgan fingerprint density at radius 3 is 3.17 bits per heavy atom. The van der Waals surface area contributed by atoms with Crippen LogP contribution in [0.5, 0.6) is 0 Å². The number of amides is 1. The summed E-state index contributed by atoms with van der Waals surface area (Å²) in [5, 5.41) is 10.3. The van der Waals surface area contributed by atoms with Crippen molar-refractivity contribution in [2.45, 2.75) is 6.42 Å². The summed E-state index contributed by atoms with van der Waals surface area (Å²) in [6, 6.07) is 0. The van der Waals surface area contributed by atoms with E-state index in [1.54, 1.807) is 18.0 Å². The predicted molar refractivity (Wildman–Crippen MR) is 46.5 cm³/mol. The lowest BCUT2D eigenvalue weighted by molar-refractivity contribution is 0.114. The molecule has 4 nitrogen and oxygen atoms in total. The van der Waals surface area contributed by atoms with Gasteiger partial charge in [0.2, 0.25) is 0 Å². The van der Waals surface area contributed by atoms with E-state index in [4.69, 9.17) is 9.84 Å². The van der Waals surface area contributed by atoms with Gasteiger partial charge in [-0.25, -0.2) is 4.79 Å². The number of ether oxygens (including phenoxy) is 1. The van der Waals surface area contributed by atoms with E-state index >= 15 is 0 Å². The maximum Gasteiger partial charge on any atom is 0.414 e. The number of rotatable bonds is 3. The molecule has 0 aromatic heterocycles. The molecule has 1 aliphatic heterocycles. The molecule has 5 heteroatoms. The fraction of sp³-hybridized carbons (Fsp3) is 0.571. The topological polar surface area (TPSA) is 49.8 Å². The number of thioether (sulfide) groups is 1. The first-order chi connectivity index (χ1) is 5.84. The Kier molecular flexibility index (Phi) is 3.96. The monoisotopic (exact) mass is 189 g/mol. The molecule has 0 atom stereocenters. The first-order valence-corrected chi connectivity index (χ1v) is 4.72. The molecular formula is C7H11NO3S. The first-order valence-electron chi connectivity index (χ1n) is 3.67. The van der Waals surface area contributed by atoms with Crippen LogP contribution in [0.2, 0.25) is 0 Å². The van der Waals surface area contributed by atoms with Crippen molar-refractivity contribution in [2.24, 2.45) is 0 Å². The van der Waals surface area contributed by atoms with Gasteiger partial charge in [-0.05, 0) is 5.41 Å². The number of carbonyl (C=O) groups is 1. The molecule has 0 bridgehead atoms. The van der Waals surface area contributed by atoms with Gasteiger partial charge in [-0.15, -0.1) is 11.8 Å². The van der Waals surface area contributed by atoms with Crippen molar-refractivity contribution < 1.29 is 14.6 Å². The van der Waals surface area contributed by atoms with Gasteiger partial charge in [0.05, 0.1) is 12.5 Å². The number of aliphatic hydroxyl groups is 1. The Hall–Kier alpha value is -0.680. The highest BCUT2D eigenvalue weighted by atomic mass is 32.2. The van der Waals surface area contributed by atoms with Crippen LogP contribution in [0.3, 0.4) is 0 Å². The molecule has 12 heavy (non-hydrogen) atoms. The van der Waals surface area contributed by atoms with Gasteiger partial charge in [0.15, 0.2) is 0 Å². The zero-order valence-corrected chi connectivity index (χ0v) is 7.42. The molecule has 0 unspecified atom stereocenters. The van der Waals surface area contributed by atoms with Crippen LogP contribution in [0.15, 0.2) is 11.6 Å². The Bertz CT molecular complexity index is 183. The lowest BCUT2D eigenvalue weighted by Crippen LogP contribution is -2.24. The second-order valence-electron chi connectivity index (χ2n) is 2.24. The molecule has 0 saturated heterocycles. The third-order valence-electron chi connectivity index (χ3n) is 1.31. The van der Waals surface area contributed by atoms with Crippen molar-refractivity contribution in [1.29, 1.82) is 0 Å². The summed E-state index contributed by atoms with van der Waals surface area (Å²) in [5.41, 5.74) is 0. The molecule has 0 aliphatic carbocycles. The van der Waals surface area contributed by atoms with E-state index in [9.17, 15) is 4.79 Å². The minimum absolute atomic E-state index is 0.0534. The van der Waals surface area contributed by atoms with E-state index in [0.717, 1.165) is 0 Å². The van der Waals surface area contributed by atoms with Crippen molar-refractivity contribution in [3.63, 3.8) is 0 Å². The van der Waals surface area contributed by atoms with E-state index in [2.05, 4.69) is 0 Å². The van der Waals surface area contributed by atoms with Crippen molar-refractivity contribution in [1.82, 2.24) is 4.90 Å². The number of aliphatic hydroxyl groups excluding tert-OH is 1. The Balaban J connectivity index is 2.14. The molecule has 1 amide bonds. The standard InChI is InChI=1S/C7H11NO3S/c9-3-1-4-11-7(10)8-2-5-12-6-8/h2,5,9H,1,3-4,6H2. The normalized spacial score (nSPS) is 15.2. The molecule has 1 aliphatic rings. The zero-order valence-electron chi connectivity index (χ0n) is 6.60. The van der Waals surface area contributed by atoms with E-state index in [0.29, 0.717) is 12.3 Å². The minimum atomic E-state index is -0.343.